The molecule has 0 fully saturated rings. The molecule has 0 atom stereocenters. The topological polar surface area (TPSA) is 74.7 Å². The third-order valence-corrected chi connectivity index (χ3v) is 12.0. The smallest absolute Gasteiger partial charge is 0.145 e. The first-order valence-corrected chi connectivity index (χ1v) is 22.0. The molecule has 0 saturated heterocycles. The summed E-state index contributed by atoms with van der Waals surface area (Å²) in [6, 6.07) is 41.5. The van der Waals surface area contributed by atoms with Crippen LogP contribution in [0.15, 0.2) is 109 Å². The zero-order valence-corrected chi connectivity index (χ0v) is 39.6. The summed E-state index contributed by atoms with van der Waals surface area (Å²) in [4.78, 5) is 10.9. The predicted octanol–water partition coefficient (Wildman–Crippen LogP) is 15.2. The quantitative estimate of drug-likeness (QED) is 0.188. The summed E-state index contributed by atoms with van der Waals surface area (Å²) >= 11 is 0. The zero-order chi connectivity index (χ0) is 45.3. The number of phenolic OH excluding ortho intramolecular Hbond substituents is 1. The van der Waals surface area contributed by atoms with Crippen molar-refractivity contribution in [1.29, 1.82) is 5.26 Å². The summed E-state index contributed by atoms with van der Waals surface area (Å²) in [5, 5.41) is 22.8. The van der Waals surface area contributed by atoms with Crippen molar-refractivity contribution in [3.05, 3.63) is 143 Å². The van der Waals surface area contributed by atoms with Crippen molar-refractivity contribution in [2.45, 2.75) is 131 Å². The van der Waals surface area contributed by atoms with Gasteiger partial charge in [-0.05, 0) is 116 Å². The Morgan fingerprint density at radius 2 is 1.08 bits per heavy atom. The van der Waals surface area contributed by atoms with Crippen molar-refractivity contribution < 1.29 is 5.11 Å². The number of fused-ring (bicyclic) bond motifs is 1. The average Bonchev–Trinajstić information content (AvgIpc) is 3.58. The Morgan fingerprint density at radius 1 is 0.500 bits per heavy atom. The average molecular weight is 821 g/mol. The highest BCUT2D eigenvalue weighted by molar-refractivity contribution is 5.88. The number of rotatable bonds is 5. The predicted molar refractivity (Wildman–Crippen MR) is 260 cm³/mol. The van der Waals surface area contributed by atoms with Crippen LogP contribution in [-0.2, 0) is 27.1 Å². The van der Waals surface area contributed by atoms with Crippen LogP contribution in [0.4, 0.5) is 0 Å². The van der Waals surface area contributed by atoms with Crippen LogP contribution >= 0.6 is 0 Å². The van der Waals surface area contributed by atoms with Gasteiger partial charge in [0.05, 0.1) is 39.7 Å². The van der Waals surface area contributed by atoms with Gasteiger partial charge in [0.1, 0.15) is 11.6 Å². The van der Waals surface area contributed by atoms with E-state index in [1.165, 1.54) is 5.56 Å². The molecule has 7 rings (SSSR count). The number of nitrogens with zero attached hydrogens (tertiary/aromatic N) is 4. The maximum Gasteiger partial charge on any atom is 0.145 e. The van der Waals surface area contributed by atoms with Crippen molar-refractivity contribution in [2.24, 2.45) is 0 Å². The van der Waals surface area contributed by atoms with E-state index >= 15 is 0 Å². The van der Waals surface area contributed by atoms with E-state index in [0.717, 1.165) is 67.2 Å². The van der Waals surface area contributed by atoms with Gasteiger partial charge in [-0.15, -0.1) is 0 Å². The van der Waals surface area contributed by atoms with E-state index in [1.54, 1.807) is 0 Å². The van der Waals surface area contributed by atoms with Crippen LogP contribution in [0.5, 0.6) is 5.75 Å². The highest BCUT2D eigenvalue weighted by atomic mass is 16.3. The number of pyridine rings is 1. The Hall–Kier alpha value is -5.99. The molecule has 0 bridgehead atoms. The highest BCUT2D eigenvalue weighted by Gasteiger charge is 2.32. The Labute approximate surface area is 370 Å². The molecule has 0 unspecified atom stereocenters. The first kappa shape index (κ1) is 44.1. The van der Waals surface area contributed by atoms with E-state index in [2.05, 4.69) is 218 Å². The van der Waals surface area contributed by atoms with Crippen LogP contribution in [-0.4, -0.2) is 19.6 Å². The molecule has 0 saturated carbocycles. The molecule has 0 radical (unpaired) electrons. The summed E-state index contributed by atoms with van der Waals surface area (Å²) in [7, 11) is 0. The fraction of sp³-hybridized carbons (Fsp3) is 0.351. The summed E-state index contributed by atoms with van der Waals surface area (Å²) in [6.07, 6.45) is 0. The van der Waals surface area contributed by atoms with E-state index in [0.29, 0.717) is 22.4 Å². The number of para-hydroxylation sites is 2. The number of imidazole rings is 1. The molecule has 0 aliphatic rings. The molecule has 62 heavy (non-hydrogen) atoms. The second-order valence-electron chi connectivity index (χ2n) is 22.2. The number of aromatic nitrogens is 3. The molecule has 2 aromatic heterocycles. The summed E-state index contributed by atoms with van der Waals surface area (Å²) in [5.74, 6) is 0.955. The SMILES string of the molecule is CC(C)(C)c1cc(-c2cc(C(C)(C)C)cc(-c3cc(C(C)(C)C)c(C#N)c(C(C)(C)C)c3O)n2)cc(-c2nc3ccccc3n2-c2ccc(C(C)(C)C)cc2-c2ccccc2)c1. The molecule has 318 valence electrons. The Bertz CT molecular complexity index is 2870. The van der Waals surface area contributed by atoms with Gasteiger partial charge in [0.25, 0.3) is 0 Å². The van der Waals surface area contributed by atoms with Gasteiger partial charge in [0.15, 0.2) is 0 Å². The Balaban J connectivity index is 1.55. The highest BCUT2D eigenvalue weighted by Crippen LogP contribution is 2.46. The van der Waals surface area contributed by atoms with Gasteiger partial charge < -0.3 is 5.11 Å². The molecule has 0 spiro atoms. The number of aromatic hydroxyl groups is 1. The van der Waals surface area contributed by atoms with E-state index in [4.69, 9.17) is 9.97 Å². The van der Waals surface area contributed by atoms with Gasteiger partial charge >= 0.3 is 0 Å². The van der Waals surface area contributed by atoms with Gasteiger partial charge in [-0.2, -0.15) is 5.26 Å². The number of hydrogen-bond acceptors (Lipinski definition) is 4. The Kier molecular flexibility index (Phi) is 11.0. The maximum atomic E-state index is 12.3. The van der Waals surface area contributed by atoms with Gasteiger partial charge in [-0.25, -0.2) is 9.97 Å². The van der Waals surface area contributed by atoms with Crippen LogP contribution < -0.4 is 0 Å². The number of hydrogen-bond donors (Lipinski definition) is 1. The standard InChI is InChI=1S/C57H64N4O/c1-53(2,3)38-25-26-48(41(30-38)35-21-17-16-18-22-35)61-49-24-20-19-23-45(49)60-52(61)37-27-36(28-39(29-37)54(4,5)6)46-31-40(55(7,8)9)32-47(59-46)42-33-44(56(10,11)12)43(34-58)50(51(42)62)57(13,14)15/h16-33,62H,1-15H3. The second kappa shape index (κ2) is 15.4. The number of nitriles is 1. The molecule has 0 aliphatic heterocycles. The van der Waals surface area contributed by atoms with Crippen LogP contribution in [0, 0.1) is 11.3 Å². The summed E-state index contributed by atoms with van der Waals surface area (Å²) < 4.78 is 2.33. The fourth-order valence-corrected chi connectivity index (χ4v) is 8.40. The summed E-state index contributed by atoms with van der Waals surface area (Å²) in [5.41, 5.74) is 13.6. The molecule has 5 nitrogen and oxygen atoms in total. The van der Waals surface area contributed by atoms with Gasteiger partial charge in [-0.1, -0.05) is 152 Å². The molecule has 5 aromatic carbocycles. The van der Waals surface area contributed by atoms with Gasteiger partial charge in [-0.3, -0.25) is 4.57 Å². The fourth-order valence-electron chi connectivity index (χ4n) is 8.40. The van der Waals surface area contributed by atoms with Crippen LogP contribution in [0.3, 0.4) is 0 Å². The first-order valence-electron chi connectivity index (χ1n) is 22.0. The van der Waals surface area contributed by atoms with E-state index in [9.17, 15) is 10.4 Å². The van der Waals surface area contributed by atoms with Crippen molar-refractivity contribution in [3.63, 3.8) is 0 Å². The van der Waals surface area contributed by atoms with E-state index in [-0.39, 0.29) is 27.4 Å². The minimum absolute atomic E-state index is 0.0392. The Morgan fingerprint density at radius 3 is 1.68 bits per heavy atom. The van der Waals surface area contributed by atoms with Crippen LogP contribution in [0.1, 0.15) is 137 Å². The van der Waals surface area contributed by atoms with Crippen molar-refractivity contribution in [3.8, 4) is 62.5 Å². The molecule has 0 amide bonds. The molecular formula is C57H64N4O. The van der Waals surface area contributed by atoms with Gasteiger partial charge in [0.2, 0.25) is 0 Å². The van der Waals surface area contributed by atoms with Gasteiger partial charge in [0, 0.05) is 27.8 Å². The second-order valence-corrected chi connectivity index (χ2v) is 22.2. The van der Waals surface area contributed by atoms with E-state index in [1.807, 2.05) is 6.07 Å². The third kappa shape index (κ3) is 8.45. The van der Waals surface area contributed by atoms with Crippen LogP contribution in [0.25, 0.3) is 61.8 Å². The number of phenols is 1. The lowest BCUT2D eigenvalue weighted by Crippen LogP contribution is -2.21. The van der Waals surface area contributed by atoms with Crippen LogP contribution in [0.2, 0.25) is 0 Å². The lowest BCUT2D eigenvalue weighted by atomic mass is 9.74. The lowest BCUT2D eigenvalue weighted by Gasteiger charge is -2.30. The largest absolute Gasteiger partial charge is 0.507 e. The lowest BCUT2D eigenvalue weighted by molar-refractivity contribution is 0.445. The molecular weight excluding hydrogens is 757 g/mol. The molecule has 7 aromatic rings. The number of benzene rings is 5. The first-order chi connectivity index (χ1) is 28.8. The molecule has 2 heterocycles. The minimum Gasteiger partial charge on any atom is -0.507 e. The van der Waals surface area contributed by atoms with E-state index < -0.39 is 5.41 Å². The van der Waals surface area contributed by atoms with Crippen molar-refractivity contribution >= 4 is 11.0 Å². The third-order valence-electron chi connectivity index (χ3n) is 12.0. The normalized spacial score (nSPS) is 12.8. The maximum absolute atomic E-state index is 12.3. The minimum atomic E-state index is -0.496. The van der Waals surface area contributed by atoms with Crippen molar-refractivity contribution in [1.82, 2.24) is 14.5 Å². The monoisotopic (exact) mass is 821 g/mol. The van der Waals surface area contributed by atoms with Crippen molar-refractivity contribution in [2.75, 3.05) is 0 Å². The molecule has 5 heteroatoms. The zero-order valence-electron chi connectivity index (χ0n) is 39.6. The summed E-state index contributed by atoms with van der Waals surface area (Å²) in [6.45, 7) is 32.7. The molecule has 0 aliphatic carbocycles. The molecule has 1 N–H and O–H groups in total.